The van der Waals surface area contributed by atoms with E-state index < -0.39 is 5.25 Å². The fourth-order valence-corrected chi connectivity index (χ4v) is 5.21. The van der Waals surface area contributed by atoms with Gasteiger partial charge in [0.15, 0.2) is 0 Å². The van der Waals surface area contributed by atoms with E-state index >= 15 is 0 Å². The van der Waals surface area contributed by atoms with Crippen LogP contribution in [0.1, 0.15) is 40.9 Å². The molecule has 8 heteroatoms. The summed E-state index contributed by atoms with van der Waals surface area (Å²) in [6, 6.07) is 29.6. The summed E-state index contributed by atoms with van der Waals surface area (Å²) in [6.45, 7) is 2.79. The van der Waals surface area contributed by atoms with Crippen LogP contribution in [0, 0.1) is 0 Å². The first-order chi connectivity index (χ1) is 20.0. The van der Waals surface area contributed by atoms with Gasteiger partial charge in [-0.15, -0.1) is 11.8 Å². The van der Waals surface area contributed by atoms with Crippen molar-refractivity contribution in [2.45, 2.75) is 29.9 Å². The Morgan fingerprint density at radius 1 is 0.780 bits per heavy atom. The summed E-state index contributed by atoms with van der Waals surface area (Å²) in [5.41, 5.74) is 2.44. The minimum absolute atomic E-state index is 0.158. The molecule has 212 valence electrons. The first-order valence-corrected chi connectivity index (χ1v) is 14.3. The molecule has 4 aromatic carbocycles. The van der Waals surface area contributed by atoms with Crippen molar-refractivity contribution >= 4 is 35.0 Å². The van der Waals surface area contributed by atoms with Gasteiger partial charge in [0, 0.05) is 16.3 Å². The molecule has 0 aliphatic carbocycles. The number of amides is 2. The van der Waals surface area contributed by atoms with Gasteiger partial charge in [-0.25, -0.2) is 0 Å². The van der Waals surface area contributed by atoms with Crippen LogP contribution < -0.4 is 24.8 Å². The quantitative estimate of drug-likeness (QED) is 0.127. The summed E-state index contributed by atoms with van der Waals surface area (Å²) in [7, 11) is 3.01. The minimum atomic E-state index is -0.531. The van der Waals surface area contributed by atoms with Crippen LogP contribution in [0.2, 0.25) is 0 Å². The van der Waals surface area contributed by atoms with Crippen LogP contribution >= 0.6 is 11.8 Å². The monoisotopic (exact) mass is 570 g/mol. The topological polar surface area (TPSA) is 85.9 Å². The molecule has 1 unspecified atom stereocenters. The molecule has 0 saturated heterocycles. The highest BCUT2D eigenvalue weighted by Gasteiger charge is 2.23. The van der Waals surface area contributed by atoms with E-state index in [1.54, 1.807) is 24.3 Å². The number of carbonyl (C=O) groups excluding carboxylic acids is 2. The van der Waals surface area contributed by atoms with Gasteiger partial charge in [-0.3, -0.25) is 9.59 Å². The average Bonchev–Trinajstić information content (AvgIpc) is 3.01. The molecular formula is C33H34N2O5S. The summed E-state index contributed by atoms with van der Waals surface area (Å²) >= 11 is 1.40. The number of hydrogen-bond donors (Lipinski definition) is 2. The molecule has 0 bridgehead atoms. The molecule has 0 spiro atoms. The van der Waals surface area contributed by atoms with Gasteiger partial charge >= 0.3 is 0 Å². The SMILES string of the molecule is CCCCOc1ccc(NC(=O)C(Sc2cccc(NC(=O)c3c(OC)cccc3OC)c2)c2ccccc2)cc1. The summed E-state index contributed by atoms with van der Waals surface area (Å²) in [5, 5.41) is 5.43. The van der Waals surface area contributed by atoms with Crippen molar-refractivity contribution in [3.63, 3.8) is 0 Å². The fourth-order valence-electron chi connectivity index (χ4n) is 4.13. The third-order valence-electron chi connectivity index (χ3n) is 6.23. The van der Waals surface area contributed by atoms with Gasteiger partial charge in [0.05, 0.1) is 20.8 Å². The van der Waals surface area contributed by atoms with Crippen molar-refractivity contribution in [1.29, 1.82) is 0 Å². The van der Waals surface area contributed by atoms with E-state index in [-0.39, 0.29) is 11.8 Å². The first-order valence-electron chi connectivity index (χ1n) is 13.4. The fraction of sp³-hybridized carbons (Fsp3) is 0.212. The molecule has 4 aromatic rings. The van der Waals surface area contributed by atoms with Crippen LogP contribution in [0.15, 0.2) is 102 Å². The second-order valence-electron chi connectivity index (χ2n) is 9.14. The number of nitrogens with one attached hydrogen (secondary N) is 2. The molecule has 1 atom stereocenters. The van der Waals surface area contributed by atoms with E-state index in [2.05, 4.69) is 17.6 Å². The Morgan fingerprint density at radius 2 is 1.46 bits per heavy atom. The Balaban J connectivity index is 1.51. The van der Waals surface area contributed by atoms with E-state index in [9.17, 15) is 9.59 Å². The minimum Gasteiger partial charge on any atom is -0.496 e. The molecule has 41 heavy (non-hydrogen) atoms. The zero-order valence-electron chi connectivity index (χ0n) is 23.4. The Bertz CT molecular complexity index is 1420. The van der Waals surface area contributed by atoms with Gasteiger partial charge in [-0.05, 0) is 66.6 Å². The summed E-state index contributed by atoms with van der Waals surface area (Å²) in [5.74, 6) is 1.08. The molecule has 4 rings (SSSR count). The maximum atomic E-state index is 13.5. The highest BCUT2D eigenvalue weighted by atomic mass is 32.2. The predicted molar refractivity (Wildman–Crippen MR) is 164 cm³/mol. The van der Waals surface area contributed by atoms with Crippen LogP contribution in [0.3, 0.4) is 0 Å². The second kappa shape index (κ2) is 14.8. The summed E-state index contributed by atoms with van der Waals surface area (Å²) < 4.78 is 16.5. The number of benzene rings is 4. The van der Waals surface area contributed by atoms with Gasteiger partial charge < -0.3 is 24.8 Å². The standard InChI is InChI=1S/C33H34N2O5S/c1-4-5-21-40-26-19-17-24(18-20-26)34-33(37)31(23-11-7-6-8-12-23)41-27-14-9-13-25(22-27)35-32(36)30-28(38-2)15-10-16-29(30)39-3/h6-20,22,31H,4-5,21H2,1-3H3,(H,34,37)(H,35,36). The molecule has 0 aromatic heterocycles. The molecular weight excluding hydrogens is 536 g/mol. The molecule has 0 radical (unpaired) electrons. The Labute approximate surface area is 245 Å². The molecule has 0 saturated carbocycles. The van der Waals surface area contributed by atoms with Gasteiger partial charge in [-0.1, -0.05) is 55.8 Å². The molecule has 0 aliphatic heterocycles. The van der Waals surface area contributed by atoms with Crippen LogP contribution in [-0.4, -0.2) is 32.6 Å². The number of rotatable bonds is 13. The van der Waals surface area contributed by atoms with Crippen molar-refractivity contribution < 1.29 is 23.8 Å². The first kappa shape index (κ1) is 29.6. The average molecular weight is 571 g/mol. The number of unbranched alkanes of at least 4 members (excludes halogenated alkanes) is 1. The van der Waals surface area contributed by atoms with Gasteiger partial charge in [0.1, 0.15) is 28.1 Å². The largest absolute Gasteiger partial charge is 0.496 e. The number of methoxy groups -OCH3 is 2. The van der Waals surface area contributed by atoms with Gasteiger partial charge in [0.25, 0.3) is 5.91 Å². The van der Waals surface area contributed by atoms with Crippen molar-refractivity contribution in [3.05, 3.63) is 108 Å². The van der Waals surface area contributed by atoms with E-state index in [0.29, 0.717) is 35.0 Å². The van der Waals surface area contributed by atoms with Crippen molar-refractivity contribution in [2.24, 2.45) is 0 Å². The molecule has 0 aliphatic rings. The van der Waals surface area contributed by atoms with E-state index in [1.165, 1.54) is 26.0 Å². The lowest BCUT2D eigenvalue weighted by Gasteiger charge is -2.18. The predicted octanol–water partition coefficient (Wildman–Crippen LogP) is 7.61. The van der Waals surface area contributed by atoms with Crippen LogP contribution in [0.4, 0.5) is 11.4 Å². The van der Waals surface area contributed by atoms with Crippen LogP contribution in [0.5, 0.6) is 17.2 Å². The number of carbonyl (C=O) groups is 2. The number of ether oxygens (including phenoxy) is 3. The van der Waals surface area contributed by atoms with Crippen molar-refractivity contribution in [2.75, 3.05) is 31.5 Å². The molecule has 0 heterocycles. The Kier molecular flexibility index (Phi) is 10.7. The Morgan fingerprint density at radius 3 is 2.12 bits per heavy atom. The molecule has 2 N–H and O–H groups in total. The smallest absolute Gasteiger partial charge is 0.263 e. The van der Waals surface area contributed by atoms with Gasteiger partial charge in [-0.2, -0.15) is 0 Å². The van der Waals surface area contributed by atoms with Crippen molar-refractivity contribution in [3.8, 4) is 17.2 Å². The lowest BCUT2D eigenvalue weighted by Crippen LogP contribution is -2.19. The lowest BCUT2D eigenvalue weighted by molar-refractivity contribution is -0.115. The normalized spacial score (nSPS) is 11.3. The highest BCUT2D eigenvalue weighted by Crippen LogP contribution is 2.38. The number of anilines is 2. The summed E-state index contributed by atoms with van der Waals surface area (Å²) in [6.07, 6.45) is 2.06. The van der Waals surface area contributed by atoms with Crippen LogP contribution in [-0.2, 0) is 4.79 Å². The Hall–Kier alpha value is -4.43. The molecule has 7 nitrogen and oxygen atoms in total. The highest BCUT2D eigenvalue weighted by molar-refractivity contribution is 8.00. The second-order valence-corrected chi connectivity index (χ2v) is 10.3. The lowest BCUT2D eigenvalue weighted by atomic mass is 10.1. The maximum Gasteiger partial charge on any atom is 0.263 e. The van der Waals surface area contributed by atoms with E-state index in [4.69, 9.17) is 14.2 Å². The maximum absolute atomic E-state index is 13.5. The van der Waals surface area contributed by atoms with Gasteiger partial charge in [0.2, 0.25) is 5.91 Å². The molecule has 2 amide bonds. The third kappa shape index (κ3) is 8.05. The third-order valence-corrected chi connectivity index (χ3v) is 7.48. The summed E-state index contributed by atoms with van der Waals surface area (Å²) in [4.78, 5) is 27.5. The van der Waals surface area contributed by atoms with E-state index in [1.807, 2.05) is 72.8 Å². The van der Waals surface area contributed by atoms with Crippen molar-refractivity contribution in [1.82, 2.24) is 0 Å². The van der Waals surface area contributed by atoms with Crippen LogP contribution in [0.25, 0.3) is 0 Å². The van der Waals surface area contributed by atoms with E-state index in [0.717, 1.165) is 29.1 Å². The zero-order chi connectivity index (χ0) is 29.0. The number of thioether (sulfide) groups is 1. The number of hydrogen-bond acceptors (Lipinski definition) is 6. The molecule has 0 fully saturated rings. The zero-order valence-corrected chi connectivity index (χ0v) is 24.2.